The molecule has 0 heterocycles. The molecular weight excluding hydrogens is 190 g/mol. The van der Waals surface area contributed by atoms with Crippen LogP contribution in [0.15, 0.2) is 30.3 Å². The van der Waals surface area contributed by atoms with Crippen molar-refractivity contribution in [3.8, 4) is 18.1 Å². The first-order chi connectivity index (χ1) is 7.22. The summed E-state index contributed by atoms with van der Waals surface area (Å²) in [7, 11) is 0. The van der Waals surface area contributed by atoms with E-state index in [-0.39, 0.29) is 18.2 Å². The van der Waals surface area contributed by atoms with Crippen molar-refractivity contribution in [1.82, 2.24) is 5.32 Å². The Morgan fingerprint density at radius 1 is 1.47 bits per heavy atom. The third kappa shape index (κ3) is 4.01. The summed E-state index contributed by atoms with van der Waals surface area (Å²) in [6.45, 7) is 0.221. The highest BCUT2D eigenvalue weighted by molar-refractivity contribution is 5.91. The SMILES string of the molecule is C#CCNC(=O)/C=C/c1ccc(O)cc1. The molecule has 0 aromatic heterocycles. The van der Waals surface area contributed by atoms with Crippen molar-refractivity contribution in [3.63, 3.8) is 0 Å². The van der Waals surface area contributed by atoms with Crippen LogP contribution in [0.4, 0.5) is 0 Å². The standard InChI is InChI=1S/C12H11NO2/c1-2-9-13-12(15)8-5-10-3-6-11(14)7-4-10/h1,3-8,14H,9H2,(H,13,15)/b8-5+. The second-order valence-corrected chi connectivity index (χ2v) is 2.85. The molecule has 1 aromatic carbocycles. The minimum atomic E-state index is -0.235. The molecule has 15 heavy (non-hydrogen) atoms. The van der Waals surface area contributed by atoms with Gasteiger partial charge >= 0.3 is 0 Å². The average molecular weight is 201 g/mol. The van der Waals surface area contributed by atoms with Crippen molar-refractivity contribution in [2.24, 2.45) is 0 Å². The normalized spacial score (nSPS) is 9.80. The first kappa shape index (κ1) is 10.9. The van der Waals surface area contributed by atoms with Crippen LogP contribution in [0.25, 0.3) is 6.08 Å². The largest absolute Gasteiger partial charge is 0.508 e. The number of phenols is 1. The number of carbonyl (C=O) groups excluding carboxylic acids is 1. The van der Waals surface area contributed by atoms with Crippen LogP contribution in [0.1, 0.15) is 5.56 Å². The lowest BCUT2D eigenvalue weighted by atomic mass is 10.2. The Labute approximate surface area is 88.4 Å². The molecule has 0 aliphatic carbocycles. The number of rotatable bonds is 3. The maximum Gasteiger partial charge on any atom is 0.244 e. The van der Waals surface area contributed by atoms with E-state index in [2.05, 4.69) is 11.2 Å². The molecule has 76 valence electrons. The molecule has 0 spiro atoms. The summed E-state index contributed by atoms with van der Waals surface area (Å²) in [6.07, 6.45) is 8.02. The van der Waals surface area contributed by atoms with Crippen molar-refractivity contribution in [2.75, 3.05) is 6.54 Å². The zero-order valence-electron chi connectivity index (χ0n) is 8.10. The summed E-state index contributed by atoms with van der Waals surface area (Å²) < 4.78 is 0. The zero-order valence-corrected chi connectivity index (χ0v) is 8.10. The third-order valence-electron chi connectivity index (χ3n) is 1.68. The van der Waals surface area contributed by atoms with E-state index >= 15 is 0 Å². The summed E-state index contributed by atoms with van der Waals surface area (Å²) in [6, 6.07) is 6.53. The van der Waals surface area contributed by atoms with Gasteiger partial charge in [0.15, 0.2) is 0 Å². The van der Waals surface area contributed by atoms with Gasteiger partial charge in [-0.1, -0.05) is 18.1 Å². The fourth-order valence-electron chi connectivity index (χ4n) is 0.954. The summed E-state index contributed by atoms with van der Waals surface area (Å²) in [5.41, 5.74) is 0.837. The minimum Gasteiger partial charge on any atom is -0.508 e. The summed E-state index contributed by atoms with van der Waals surface area (Å²) in [5, 5.41) is 11.5. The molecular formula is C12H11NO2. The van der Waals surface area contributed by atoms with Gasteiger partial charge in [0.25, 0.3) is 0 Å². The van der Waals surface area contributed by atoms with Crippen LogP contribution in [-0.2, 0) is 4.79 Å². The van der Waals surface area contributed by atoms with Crippen LogP contribution < -0.4 is 5.32 Å². The van der Waals surface area contributed by atoms with Gasteiger partial charge in [0.05, 0.1) is 6.54 Å². The molecule has 3 nitrogen and oxygen atoms in total. The van der Waals surface area contributed by atoms with E-state index in [1.165, 1.54) is 6.08 Å². The molecule has 1 aromatic rings. The van der Waals surface area contributed by atoms with E-state index in [1.807, 2.05) is 0 Å². The van der Waals surface area contributed by atoms with Crippen molar-refractivity contribution < 1.29 is 9.90 Å². The van der Waals surface area contributed by atoms with Gasteiger partial charge < -0.3 is 10.4 Å². The molecule has 0 aliphatic heterocycles. The highest BCUT2D eigenvalue weighted by Gasteiger charge is 1.92. The number of benzene rings is 1. The number of aromatic hydroxyl groups is 1. The van der Waals surface area contributed by atoms with Crippen molar-refractivity contribution in [2.45, 2.75) is 0 Å². The Hall–Kier alpha value is -2.21. The number of carbonyl (C=O) groups is 1. The average Bonchev–Trinajstić information content (AvgIpc) is 2.25. The van der Waals surface area contributed by atoms with Crippen molar-refractivity contribution >= 4 is 12.0 Å². The highest BCUT2D eigenvalue weighted by Crippen LogP contribution is 2.10. The lowest BCUT2D eigenvalue weighted by Gasteiger charge is -1.95. The van der Waals surface area contributed by atoms with Gasteiger partial charge in [0, 0.05) is 6.08 Å². The topological polar surface area (TPSA) is 49.3 Å². The summed E-state index contributed by atoms with van der Waals surface area (Å²) >= 11 is 0. The smallest absolute Gasteiger partial charge is 0.244 e. The highest BCUT2D eigenvalue weighted by atomic mass is 16.3. The molecule has 0 radical (unpaired) electrons. The number of hydrogen-bond acceptors (Lipinski definition) is 2. The Bertz CT molecular complexity index is 399. The molecule has 1 rings (SSSR count). The van der Waals surface area contributed by atoms with E-state index < -0.39 is 0 Å². The molecule has 1 amide bonds. The zero-order chi connectivity index (χ0) is 11.1. The number of nitrogens with one attached hydrogen (secondary N) is 1. The number of terminal acetylenes is 1. The molecule has 0 saturated carbocycles. The van der Waals surface area contributed by atoms with Crippen LogP contribution in [0.2, 0.25) is 0 Å². The Morgan fingerprint density at radius 2 is 2.13 bits per heavy atom. The number of amides is 1. The van der Waals surface area contributed by atoms with Crippen LogP contribution in [-0.4, -0.2) is 17.6 Å². The lowest BCUT2D eigenvalue weighted by molar-refractivity contribution is -0.116. The van der Waals surface area contributed by atoms with E-state index in [0.717, 1.165) is 5.56 Å². The molecule has 0 bridgehead atoms. The van der Waals surface area contributed by atoms with Gasteiger partial charge in [0.1, 0.15) is 5.75 Å². The monoisotopic (exact) mass is 201 g/mol. The second-order valence-electron chi connectivity index (χ2n) is 2.85. The van der Waals surface area contributed by atoms with E-state index in [4.69, 9.17) is 11.5 Å². The quantitative estimate of drug-likeness (QED) is 0.569. The first-order valence-corrected chi connectivity index (χ1v) is 4.41. The molecule has 0 unspecified atom stereocenters. The van der Waals surface area contributed by atoms with Gasteiger partial charge in [-0.15, -0.1) is 6.42 Å². The Kier molecular flexibility index (Phi) is 3.99. The molecule has 2 N–H and O–H groups in total. The second kappa shape index (κ2) is 5.51. The molecule has 3 heteroatoms. The van der Waals surface area contributed by atoms with Crippen LogP contribution in [0.3, 0.4) is 0 Å². The van der Waals surface area contributed by atoms with Gasteiger partial charge in [-0.3, -0.25) is 4.79 Å². The third-order valence-corrected chi connectivity index (χ3v) is 1.68. The fourth-order valence-corrected chi connectivity index (χ4v) is 0.954. The molecule has 0 aliphatic rings. The van der Waals surface area contributed by atoms with Gasteiger partial charge in [-0.2, -0.15) is 0 Å². The first-order valence-electron chi connectivity index (χ1n) is 4.41. The maximum absolute atomic E-state index is 11.1. The van der Waals surface area contributed by atoms with Gasteiger partial charge in [-0.05, 0) is 23.8 Å². The Balaban J connectivity index is 2.54. The van der Waals surface area contributed by atoms with Crippen molar-refractivity contribution in [3.05, 3.63) is 35.9 Å². The van der Waals surface area contributed by atoms with Crippen LogP contribution >= 0.6 is 0 Å². The maximum atomic E-state index is 11.1. The predicted octanol–water partition coefficient (Wildman–Crippen LogP) is 1.15. The van der Waals surface area contributed by atoms with Crippen LogP contribution in [0.5, 0.6) is 5.75 Å². The molecule has 0 atom stereocenters. The van der Waals surface area contributed by atoms with Gasteiger partial charge in [-0.25, -0.2) is 0 Å². The minimum absolute atomic E-state index is 0.198. The van der Waals surface area contributed by atoms with Crippen LogP contribution in [0, 0.1) is 12.3 Å². The number of phenolic OH excluding ortho intramolecular Hbond substituents is 1. The van der Waals surface area contributed by atoms with Gasteiger partial charge in [0.2, 0.25) is 5.91 Å². The van der Waals surface area contributed by atoms with E-state index in [0.29, 0.717) is 0 Å². The number of hydrogen-bond donors (Lipinski definition) is 2. The summed E-state index contributed by atoms with van der Waals surface area (Å²) in [5.74, 6) is 2.27. The van der Waals surface area contributed by atoms with E-state index in [9.17, 15) is 4.79 Å². The molecule has 0 fully saturated rings. The summed E-state index contributed by atoms with van der Waals surface area (Å²) in [4.78, 5) is 11.1. The fraction of sp³-hybridized carbons (Fsp3) is 0.0833. The lowest BCUT2D eigenvalue weighted by Crippen LogP contribution is -2.20. The predicted molar refractivity (Wildman–Crippen MR) is 59.0 cm³/mol. The molecule has 0 saturated heterocycles. The Morgan fingerprint density at radius 3 is 2.73 bits per heavy atom. The van der Waals surface area contributed by atoms with E-state index in [1.54, 1.807) is 30.3 Å². The van der Waals surface area contributed by atoms with Crippen molar-refractivity contribution in [1.29, 1.82) is 0 Å².